The average Bonchev–Trinajstić information content (AvgIpc) is 3.57. The Labute approximate surface area is 197 Å². The van der Waals surface area contributed by atoms with Gasteiger partial charge in [-0.25, -0.2) is 0 Å². The Balaban J connectivity index is 1.47. The molecular formula is C25H31BrN4O2. The summed E-state index contributed by atoms with van der Waals surface area (Å²) in [5, 5.41) is 8.05. The number of halogens is 1. The molecule has 0 saturated heterocycles. The standard InChI is InChI=1S/C25H31BrN4O2/c1-25(24(32)27-20-9-4-2-3-5-10-20)16-30-22(14-21(28-30)18-11-12-18)23(31)29(25)15-17-7-6-8-19(26)13-17/h6-8,13-14,18,20H,2-5,9-12,15-16H2,1H3,(H,27,32)/t25-/m1/s1. The lowest BCUT2D eigenvalue weighted by atomic mass is 9.93. The summed E-state index contributed by atoms with van der Waals surface area (Å²) >= 11 is 3.53. The van der Waals surface area contributed by atoms with E-state index in [0.29, 0.717) is 24.7 Å². The van der Waals surface area contributed by atoms with Gasteiger partial charge >= 0.3 is 0 Å². The van der Waals surface area contributed by atoms with Gasteiger partial charge in [0.25, 0.3) is 5.91 Å². The van der Waals surface area contributed by atoms with Gasteiger partial charge in [-0.1, -0.05) is 53.7 Å². The van der Waals surface area contributed by atoms with Crippen LogP contribution in [0.15, 0.2) is 34.8 Å². The second kappa shape index (κ2) is 8.65. The van der Waals surface area contributed by atoms with Gasteiger partial charge in [0, 0.05) is 23.0 Å². The Bertz CT molecular complexity index is 1020. The molecule has 2 aromatic rings. The van der Waals surface area contributed by atoms with E-state index in [2.05, 4.69) is 21.2 Å². The van der Waals surface area contributed by atoms with Crippen molar-refractivity contribution in [1.29, 1.82) is 0 Å². The molecule has 1 N–H and O–H groups in total. The van der Waals surface area contributed by atoms with Crippen molar-refractivity contribution >= 4 is 27.7 Å². The van der Waals surface area contributed by atoms with E-state index >= 15 is 0 Å². The van der Waals surface area contributed by atoms with Crippen LogP contribution in [0.25, 0.3) is 0 Å². The zero-order valence-electron chi connectivity index (χ0n) is 18.6. The molecule has 1 atom stereocenters. The van der Waals surface area contributed by atoms with Crippen LogP contribution in [0.4, 0.5) is 0 Å². The molecule has 1 aliphatic heterocycles. The van der Waals surface area contributed by atoms with Crippen LogP contribution in [0.5, 0.6) is 0 Å². The van der Waals surface area contributed by atoms with Crippen LogP contribution in [-0.2, 0) is 17.9 Å². The highest BCUT2D eigenvalue weighted by atomic mass is 79.9. The van der Waals surface area contributed by atoms with Crippen LogP contribution in [-0.4, -0.2) is 38.1 Å². The Kier molecular flexibility index (Phi) is 5.86. The molecular weight excluding hydrogens is 468 g/mol. The fourth-order valence-corrected chi connectivity index (χ4v) is 5.52. The second-order valence-electron chi connectivity index (χ2n) is 9.84. The molecule has 170 valence electrons. The number of fused-ring (bicyclic) bond motifs is 1. The number of nitrogens with one attached hydrogen (secondary N) is 1. The molecule has 2 aliphatic carbocycles. The van der Waals surface area contributed by atoms with Crippen LogP contribution < -0.4 is 5.32 Å². The zero-order valence-corrected chi connectivity index (χ0v) is 20.2. The maximum absolute atomic E-state index is 13.7. The van der Waals surface area contributed by atoms with Crippen molar-refractivity contribution in [3.8, 4) is 0 Å². The second-order valence-corrected chi connectivity index (χ2v) is 10.8. The van der Waals surface area contributed by atoms with E-state index in [1.54, 1.807) is 9.58 Å². The van der Waals surface area contributed by atoms with Gasteiger partial charge in [-0.2, -0.15) is 5.10 Å². The smallest absolute Gasteiger partial charge is 0.273 e. The fraction of sp³-hybridized carbons (Fsp3) is 0.560. The van der Waals surface area contributed by atoms with Gasteiger partial charge in [0.15, 0.2) is 0 Å². The molecule has 0 bridgehead atoms. The van der Waals surface area contributed by atoms with E-state index in [4.69, 9.17) is 5.10 Å². The van der Waals surface area contributed by atoms with Gasteiger partial charge in [0.2, 0.25) is 5.91 Å². The Morgan fingerprint density at radius 1 is 1.16 bits per heavy atom. The normalized spacial score (nSPS) is 24.2. The lowest BCUT2D eigenvalue weighted by molar-refractivity contribution is -0.134. The minimum atomic E-state index is -0.994. The first-order chi connectivity index (χ1) is 15.4. The van der Waals surface area contributed by atoms with E-state index < -0.39 is 5.54 Å². The van der Waals surface area contributed by atoms with E-state index in [0.717, 1.165) is 54.3 Å². The summed E-state index contributed by atoms with van der Waals surface area (Å²) in [6.07, 6.45) is 9.06. The van der Waals surface area contributed by atoms with E-state index in [-0.39, 0.29) is 17.9 Å². The van der Waals surface area contributed by atoms with Crippen molar-refractivity contribution < 1.29 is 9.59 Å². The fourth-order valence-electron chi connectivity index (χ4n) is 5.07. The molecule has 2 fully saturated rings. The van der Waals surface area contributed by atoms with Crippen molar-refractivity contribution in [1.82, 2.24) is 20.0 Å². The Morgan fingerprint density at radius 3 is 2.59 bits per heavy atom. The van der Waals surface area contributed by atoms with Gasteiger partial charge in [0.05, 0.1) is 12.2 Å². The third kappa shape index (κ3) is 4.24. The SMILES string of the molecule is C[C@]1(C(=O)NC2CCCCCC2)Cn2nc(C3CC3)cc2C(=O)N1Cc1cccc(Br)c1. The molecule has 2 heterocycles. The molecule has 3 aliphatic rings. The minimum Gasteiger partial charge on any atom is -0.351 e. The maximum atomic E-state index is 13.7. The average molecular weight is 499 g/mol. The predicted molar refractivity (Wildman–Crippen MR) is 126 cm³/mol. The molecule has 1 aromatic carbocycles. The van der Waals surface area contributed by atoms with Gasteiger partial charge in [-0.3, -0.25) is 14.3 Å². The molecule has 32 heavy (non-hydrogen) atoms. The molecule has 7 heteroatoms. The predicted octanol–water partition coefficient (Wildman–Crippen LogP) is 4.78. The first-order valence-electron chi connectivity index (χ1n) is 11.9. The third-order valence-electron chi connectivity index (χ3n) is 7.22. The van der Waals surface area contributed by atoms with Gasteiger partial charge < -0.3 is 10.2 Å². The molecule has 2 saturated carbocycles. The van der Waals surface area contributed by atoms with Crippen LogP contribution >= 0.6 is 15.9 Å². The van der Waals surface area contributed by atoms with Crippen molar-refractivity contribution in [2.45, 2.75) is 88.9 Å². The highest BCUT2D eigenvalue weighted by molar-refractivity contribution is 9.10. The van der Waals surface area contributed by atoms with Crippen molar-refractivity contribution in [2.75, 3.05) is 0 Å². The summed E-state index contributed by atoms with van der Waals surface area (Å²) in [5.74, 6) is 0.279. The van der Waals surface area contributed by atoms with Crippen LogP contribution in [0.3, 0.4) is 0 Å². The minimum absolute atomic E-state index is 0.0677. The number of carbonyl (C=O) groups excluding carboxylic acids is 2. The molecule has 0 unspecified atom stereocenters. The monoisotopic (exact) mass is 498 g/mol. The van der Waals surface area contributed by atoms with Gasteiger partial charge in [0.1, 0.15) is 11.2 Å². The lowest BCUT2D eigenvalue weighted by Gasteiger charge is -2.44. The Hall–Kier alpha value is -2.15. The first kappa shape index (κ1) is 21.7. The summed E-state index contributed by atoms with van der Waals surface area (Å²) in [7, 11) is 0. The number of hydrogen-bond donors (Lipinski definition) is 1. The molecule has 0 radical (unpaired) electrons. The summed E-state index contributed by atoms with van der Waals surface area (Å²) < 4.78 is 2.74. The maximum Gasteiger partial charge on any atom is 0.273 e. The topological polar surface area (TPSA) is 67.2 Å². The van der Waals surface area contributed by atoms with Crippen molar-refractivity contribution in [3.63, 3.8) is 0 Å². The van der Waals surface area contributed by atoms with Gasteiger partial charge in [-0.05, 0) is 56.4 Å². The number of rotatable bonds is 5. The molecule has 2 amide bonds. The van der Waals surface area contributed by atoms with Crippen LogP contribution in [0, 0.1) is 0 Å². The quantitative estimate of drug-likeness (QED) is 0.603. The summed E-state index contributed by atoms with van der Waals surface area (Å²) in [6.45, 7) is 2.67. The highest BCUT2D eigenvalue weighted by Gasteiger charge is 2.48. The van der Waals surface area contributed by atoms with E-state index in [9.17, 15) is 9.59 Å². The number of benzene rings is 1. The number of aromatic nitrogens is 2. The zero-order chi connectivity index (χ0) is 22.3. The van der Waals surface area contributed by atoms with E-state index in [1.807, 2.05) is 37.3 Å². The molecule has 0 spiro atoms. The number of amides is 2. The number of carbonyl (C=O) groups is 2. The van der Waals surface area contributed by atoms with Crippen molar-refractivity contribution in [2.24, 2.45) is 0 Å². The Morgan fingerprint density at radius 2 is 1.91 bits per heavy atom. The molecule has 5 rings (SSSR count). The molecule has 6 nitrogen and oxygen atoms in total. The summed E-state index contributed by atoms with van der Waals surface area (Å²) in [4.78, 5) is 29.2. The van der Waals surface area contributed by atoms with Gasteiger partial charge in [-0.15, -0.1) is 0 Å². The lowest BCUT2D eigenvalue weighted by Crippen LogP contribution is -2.64. The van der Waals surface area contributed by atoms with Crippen LogP contribution in [0.2, 0.25) is 0 Å². The van der Waals surface area contributed by atoms with Crippen molar-refractivity contribution in [3.05, 3.63) is 51.8 Å². The first-order valence-corrected chi connectivity index (χ1v) is 12.7. The number of hydrogen-bond acceptors (Lipinski definition) is 3. The largest absolute Gasteiger partial charge is 0.351 e. The highest BCUT2D eigenvalue weighted by Crippen LogP contribution is 2.41. The third-order valence-corrected chi connectivity index (χ3v) is 7.71. The number of nitrogens with zero attached hydrogens (tertiary/aromatic N) is 3. The molecule has 1 aromatic heterocycles. The summed E-state index contributed by atoms with van der Waals surface area (Å²) in [6, 6.07) is 10.1. The van der Waals surface area contributed by atoms with Crippen LogP contribution in [0.1, 0.15) is 86.0 Å². The summed E-state index contributed by atoms with van der Waals surface area (Å²) in [5.41, 5.74) is 1.59. The van der Waals surface area contributed by atoms with E-state index in [1.165, 1.54) is 12.8 Å².